The largest absolute Gasteiger partial charge is 0.508 e. The van der Waals surface area contributed by atoms with Gasteiger partial charge in [0.15, 0.2) is 0 Å². The lowest BCUT2D eigenvalue weighted by Crippen LogP contribution is -2.18. The van der Waals surface area contributed by atoms with E-state index in [1.165, 1.54) is 31.5 Å². The Morgan fingerprint density at radius 2 is 2.00 bits per heavy atom. The Kier molecular flexibility index (Phi) is 2.73. The fraction of sp³-hybridized carbons (Fsp3) is 0.500. The molecule has 0 bridgehead atoms. The van der Waals surface area contributed by atoms with Crippen molar-refractivity contribution in [2.75, 3.05) is 13.1 Å². The van der Waals surface area contributed by atoms with Crippen LogP contribution in [0, 0.1) is 6.92 Å². The van der Waals surface area contributed by atoms with E-state index in [1.54, 1.807) is 6.07 Å². The molecule has 0 amide bonds. The average molecular weight is 191 g/mol. The summed E-state index contributed by atoms with van der Waals surface area (Å²) in [7, 11) is 0. The lowest BCUT2D eigenvalue weighted by molar-refractivity contribution is 0.331. The first-order chi connectivity index (χ1) is 6.75. The summed E-state index contributed by atoms with van der Waals surface area (Å²) in [6.07, 6.45) is 2.66. The minimum absolute atomic E-state index is 0.398. The van der Waals surface area contributed by atoms with Gasteiger partial charge in [-0.1, -0.05) is 12.1 Å². The first-order valence-electron chi connectivity index (χ1n) is 5.26. The Labute approximate surface area is 85.2 Å². The summed E-state index contributed by atoms with van der Waals surface area (Å²) >= 11 is 0. The topological polar surface area (TPSA) is 23.5 Å². The van der Waals surface area contributed by atoms with Crippen LogP contribution >= 0.6 is 0 Å². The van der Waals surface area contributed by atoms with E-state index < -0.39 is 0 Å². The molecule has 2 nitrogen and oxygen atoms in total. The van der Waals surface area contributed by atoms with Gasteiger partial charge in [0, 0.05) is 6.54 Å². The Hall–Kier alpha value is -1.02. The summed E-state index contributed by atoms with van der Waals surface area (Å²) < 4.78 is 0. The van der Waals surface area contributed by atoms with Crippen LogP contribution in [0.15, 0.2) is 18.2 Å². The van der Waals surface area contributed by atoms with Crippen molar-refractivity contribution in [3.8, 4) is 5.75 Å². The zero-order chi connectivity index (χ0) is 9.97. The van der Waals surface area contributed by atoms with Crippen LogP contribution in [0.2, 0.25) is 0 Å². The van der Waals surface area contributed by atoms with E-state index in [4.69, 9.17) is 0 Å². The molecule has 1 fully saturated rings. The van der Waals surface area contributed by atoms with E-state index in [1.807, 2.05) is 13.0 Å². The van der Waals surface area contributed by atoms with Crippen LogP contribution in [0.1, 0.15) is 24.0 Å². The molecule has 1 aliphatic heterocycles. The highest BCUT2D eigenvalue weighted by Crippen LogP contribution is 2.19. The molecule has 76 valence electrons. The molecule has 1 aromatic rings. The monoisotopic (exact) mass is 191 g/mol. The quantitative estimate of drug-likeness (QED) is 0.775. The summed E-state index contributed by atoms with van der Waals surface area (Å²) in [4.78, 5) is 2.46. The van der Waals surface area contributed by atoms with Gasteiger partial charge in [0.1, 0.15) is 5.75 Å². The number of hydrogen-bond acceptors (Lipinski definition) is 2. The molecule has 1 saturated heterocycles. The number of phenolic OH excluding ortho intramolecular Hbond substituents is 1. The van der Waals surface area contributed by atoms with Gasteiger partial charge in [-0.05, 0) is 50.0 Å². The summed E-state index contributed by atoms with van der Waals surface area (Å²) in [5, 5.41) is 9.39. The van der Waals surface area contributed by atoms with Gasteiger partial charge >= 0.3 is 0 Å². The molecule has 1 N–H and O–H groups in total. The summed E-state index contributed by atoms with van der Waals surface area (Å²) in [5.41, 5.74) is 2.28. The molecule has 0 saturated carbocycles. The van der Waals surface area contributed by atoms with Crippen molar-refractivity contribution >= 4 is 0 Å². The lowest BCUT2D eigenvalue weighted by atomic mass is 10.1. The fourth-order valence-corrected chi connectivity index (χ4v) is 2.01. The molecule has 2 rings (SSSR count). The van der Waals surface area contributed by atoms with Crippen molar-refractivity contribution < 1.29 is 5.11 Å². The van der Waals surface area contributed by atoms with Crippen molar-refractivity contribution in [3.05, 3.63) is 29.3 Å². The Morgan fingerprint density at radius 3 is 2.64 bits per heavy atom. The SMILES string of the molecule is Cc1cc(CN2CCCC2)ccc1O. The number of phenols is 1. The van der Waals surface area contributed by atoms with Crippen LogP contribution in [0.3, 0.4) is 0 Å². The number of aromatic hydroxyl groups is 1. The van der Waals surface area contributed by atoms with Crippen LogP contribution in [-0.4, -0.2) is 23.1 Å². The van der Waals surface area contributed by atoms with E-state index in [9.17, 15) is 5.11 Å². The van der Waals surface area contributed by atoms with Crippen molar-refractivity contribution in [1.82, 2.24) is 4.90 Å². The van der Waals surface area contributed by atoms with Crippen LogP contribution in [0.5, 0.6) is 5.75 Å². The van der Waals surface area contributed by atoms with E-state index in [0.717, 1.165) is 12.1 Å². The maximum absolute atomic E-state index is 9.39. The van der Waals surface area contributed by atoms with Crippen molar-refractivity contribution in [2.24, 2.45) is 0 Å². The van der Waals surface area contributed by atoms with Gasteiger partial charge < -0.3 is 5.11 Å². The van der Waals surface area contributed by atoms with Gasteiger partial charge in [-0.25, -0.2) is 0 Å². The van der Waals surface area contributed by atoms with E-state index in [-0.39, 0.29) is 0 Å². The van der Waals surface area contributed by atoms with Crippen molar-refractivity contribution in [1.29, 1.82) is 0 Å². The molecule has 0 radical (unpaired) electrons. The predicted octanol–water partition coefficient (Wildman–Crippen LogP) is 2.30. The number of hydrogen-bond donors (Lipinski definition) is 1. The highest BCUT2D eigenvalue weighted by atomic mass is 16.3. The molecule has 1 aromatic carbocycles. The number of benzene rings is 1. The van der Waals surface area contributed by atoms with Crippen LogP contribution in [-0.2, 0) is 6.54 Å². The first-order valence-corrected chi connectivity index (χ1v) is 5.26. The maximum Gasteiger partial charge on any atom is 0.118 e. The summed E-state index contributed by atoms with van der Waals surface area (Å²) in [5.74, 6) is 0.398. The van der Waals surface area contributed by atoms with Gasteiger partial charge in [-0.3, -0.25) is 4.90 Å². The van der Waals surface area contributed by atoms with Crippen LogP contribution < -0.4 is 0 Å². The minimum atomic E-state index is 0.398. The predicted molar refractivity (Wildman–Crippen MR) is 57.4 cm³/mol. The molecule has 0 spiro atoms. The summed E-state index contributed by atoms with van der Waals surface area (Å²) in [6, 6.07) is 5.88. The highest BCUT2D eigenvalue weighted by molar-refractivity contribution is 5.34. The molecular weight excluding hydrogens is 174 g/mol. The second-order valence-electron chi connectivity index (χ2n) is 4.10. The molecule has 1 heterocycles. The number of nitrogens with zero attached hydrogens (tertiary/aromatic N) is 1. The number of rotatable bonds is 2. The highest BCUT2D eigenvalue weighted by Gasteiger charge is 2.11. The van der Waals surface area contributed by atoms with Gasteiger partial charge in [0.05, 0.1) is 0 Å². The molecular formula is C12H17NO. The Morgan fingerprint density at radius 1 is 1.29 bits per heavy atom. The third kappa shape index (κ3) is 2.07. The molecule has 1 aliphatic rings. The first kappa shape index (κ1) is 9.53. The number of aryl methyl sites for hydroxylation is 1. The zero-order valence-corrected chi connectivity index (χ0v) is 8.66. The zero-order valence-electron chi connectivity index (χ0n) is 8.66. The molecule has 0 unspecified atom stereocenters. The Bertz CT molecular complexity index is 316. The van der Waals surface area contributed by atoms with Crippen molar-refractivity contribution in [3.63, 3.8) is 0 Å². The lowest BCUT2D eigenvalue weighted by Gasteiger charge is -2.14. The Balaban J connectivity index is 2.05. The second-order valence-corrected chi connectivity index (χ2v) is 4.10. The molecule has 0 atom stereocenters. The maximum atomic E-state index is 9.39. The third-order valence-corrected chi connectivity index (χ3v) is 2.87. The normalized spacial score (nSPS) is 17.5. The molecule has 2 heteroatoms. The molecule has 14 heavy (non-hydrogen) atoms. The number of likely N-dealkylation sites (tertiary alicyclic amines) is 1. The second kappa shape index (κ2) is 4.01. The van der Waals surface area contributed by atoms with Gasteiger partial charge in [0.2, 0.25) is 0 Å². The minimum Gasteiger partial charge on any atom is -0.508 e. The van der Waals surface area contributed by atoms with Gasteiger partial charge in [0.25, 0.3) is 0 Å². The average Bonchev–Trinajstić information content (AvgIpc) is 2.64. The van der Waals surface area contributed by atoms with Crippen molar-refractivity contribution in [2.45, 2.75) is 26.3 Å². The molecule has 0 aliphatic carbocycles. The third-order valence-electron chi connectivity index (χ3n) is 2.87. The smallest absolute Gasteiger partial charge is 0.118 e. The summed E-state index contributed by atoms with van der Waals surface area (Å²) in [6.45, 7) is 5.42. The standard InChI is InChI=1S/C12H17NO/c1-10-8-11(4-5-12(10)14)9-13-6-2-3-7-13/h4-5,8,14H,2-3,6-7,9H2,1H3. The molecule has 0 aromatic heterocycles. The van der Waals surface area contributed by atoms with E-state index in [0.29, 0.717) is 5.75 Å². The van der Waals surface area contributed by atoms with Crippen LogP contribution in [0.25, 0.3) is 0 Å². The van der Waals surface area contributed by atoms with Gasteiger partial charge in [-0.15, -0.1) is 0 Å². The fourth-order valence-electron chi connectivity index (χ4n) is 2.01. The van der Waals surface area contributed by atoms with E-state index in [2.05, 4.69) is 11.0 Å². The van der Waals surface area contributed by atoms with Crippen LogP contribution in [0.4, 0.5) is 0 Å². The van der Waals surface area contributed by atoms with Gasteiger partial charge in [-0.2, -0.15) is 0 Å². The van der Waals surface area contributed by atoms with E-state index >= 15 is 0 Å².